The van der Waals surface area contributed by atoms with Gasteiger partial charge in [-0.1, -0.05) is 78.9 Å². The predicted octanol–water partition coefficient (Wildman–Crippen LogP) is 6.36. The number of sulfonamides is 1. The first-order chi connectivity index (χ1) is 22.1. The van der Waals surface area contributed by atoms with Crippen LogP contribution in [0.1, 0.15) is 56.1 Å². The van der Waals surface area contributed by atoms with E-state index in [4.69, 9.17) is 32.7 Å². The van der Waals surface area contributed by atoms with E-state index in [9.17, 15) is 18.0 Å². The van der Waals surface area contributed by atoms with Gasteiger partial charge in [-0.05, 0) is 54.7 Å². The smallest absolute Gasteiger partial charge is 0.243 e. The largest absolute Gasteiger partial charge is 0.454 e. The van der Waals surface area contributed by atoms with Gasteiger partial charge in [0.2, 0.25) is 28.6 Å². The van der Waals surface area contributed by atoms with Crippen LogP contribution in [0, 0.1) is 0 Å². The quantitative estimate of drug-likeness (QED) is 0.224. The standard InChI is InChI=1S/C34H39Cl2N3O6S/c1-46(42,43)39(27-15-17-31-32(21-27)45-23-44-31)18-8-13-33(40)38(22-25-14-16-28(35)29(36)19-25)30(20-24-9-4-2-5-10-24)34(41)37-26-11-6-3-7-12-26/h2,4-5,9-10,14-17,19,21,26,30H,3,6-8,11-13,18,20,22-23H2,1H3,(H,37,41)/t30-/m1/s1. The second-order valence-corrected chi connectivity index (χ2v) is 14.5. The van der Waals surface area contributed by atoms with Gasteiger partial charge in [0.15, 0.2) is 11.5 Å². The highest BCUT2D eigenvalue weighted by molar-refractivity contribution is 7.92. The molecule has 1 heterocycles. The summed E-state index contributed by atoms with van der Waals surface area (Å²) in [6.45, 7) is 0.255. The molecule has 9 nitrogen and oxygen atoms in total. The highest BCUT2D eigenvalue weighted by atomic mass is 35.5. The molecule has 1 atom stereocenters. The van der Waals surface area contributed by atoms with Crippen LogP contribution in [0.25, 0.3) is 0 Å². The van der Waals surface area contributed by atoms with Gasteiger partial charge in [0, 0.05) is 38.0 Å². The molecule has 1 fully saturated rings. The maximum absolute atomic E-state index is 14.1. The van der Waals surface area contributed by atoms with Crippen LogP contribution in [0.15, 0.2) is 66.7 Å². The maximum Gasteiger partial charge on any atom is 0.243 e. The van der Waals surface area contributed by atoms with Crippen molar-refractivity contribution in [2.75, 3.05) is 23.9 Å². The first kappa shape index (κ1) is 33.9. The molecule has 246 valence electrons. The third-order valence-electron chi connectivity index (χ3n) is 8.36. The number of amides is 2. The summed E-state index contributed by atoms with van der Waals surface area (Å²) in [5.41, 5.74) is 2.06. The number of anilines is 1. The zero-order chi connectivity index (χ0) is 32.7. The Morgan fingerprint density at radius 2 is 1.65 bits per heavy atom. The lowest BCUT2D eigenvalue weighted by molar-refractivity contribution is -0.141. The number of nitrogens with zero attached hydrogens (tertiary/aromatic N) is 2. The van der Waals surface area contributed by atoms with E-state index in [1.807, 2.05) is 30.3 Å². The highest BCUT2D eigenvalue weighted by Gasteiger charge is 2.32. The van der Waals surface area contributed by atoms with Gasteiger partial charge >= 0.3 is 0 Å². The first-order valence-corrected chi connectivity index (χ1v) is 18.1. The molecule has 0 aromatic heterocycles. The lowest BCUT2D eigenvalue weighted by atomic mass is 9.94. The molecule has 1 saturated carbocycles. The van der Waals surface area contributed by atoms with Gasteiger partial charge in [-0.3, -0.25) is 13.9 Å². The van der Waals surface area contributed by atoms with E-state index in [1.165, 1.54) is 4.31 Å². The zero-order valence-corrected chi connectivity index (χ0v) is 28.1. The number of halogens is 2. The van der Waals surface area contributed by atoms with Crippen molar-refractivity contribution in [3.05, 3.63) is 87.9 Å². The van der Waals surface area contributed by atoms with Crippen LogP contribution in [-0.2, 0) is 32.6 Å². The fraction of sp³-hybridized carbons (Fsp3) is 0.412. The van der Waals surface area contributed by atoms with E-state index in [0.29, 0.717) is 33.7 Å². The second kappa shape index (κ2) is 15.4. The minimum absolute atomic E-state index is 0.0138. The molecule has 0 unspecified atom stereocenters. The van der Waals surface area contributed by atoms with Gasteiger partial charge in [-0.25, -0.2) is 8.42 Å². The molecular weight excluding hydrogens is 649 g/mol. The van der Waals surface area contributed by atoms with Gasteiger partial charge < -0.3 is 19.7 Å². The van der Waals surface area contributed by atoms with Crippen LogP contribution in [-0.4, -0.2) is 56.8 Å². The third kappa shape index (κ3) is 8.86. The fourth-order valence-electron chi connectivity index (χ4n) is 5.98. The van der Waals surface area contributed by atoms with Gasteiger partial charge in [0.05, 0.1) is 22.0 Å². The molecule has 46 heavy (non-hydrogen) atoms. The van der Waals surface area contributed by atoms with Crippen LogP contribution >= 0.6 is 23.2 Å². The molecule has 3 aromatic carbocycles. The van der Waals surface area contributed by atoms with E-state index in [1.54, 1.807) is 41.3 Å². The van der Waals surface area contributed by atoms with Gasteiger partial charge in [0.1, 0.15) is 6.04 Å². The average Bonchev–Trinajstić information content (AvgIpc) is 3.51. The molecule has 12 heteroatoms. The van der Waals surface area contributed by atoms with Crippen molar-refractivity contribution in [2.24, 2.45) is 0 Å². The minimum Gasteiger partial charge on any atom is -0.454 e. The molecule has 0 radical (unpaired) electrons. The molecule has 1 N–H and O–H groups in total. The van der Waals surface area contributed by atoms with Crippen molar-refractivity contribution in [1.29, 1.82) is 0 Å². The van der Waals surface area contributed by atoms with Crippen molar-refractivity contribution >= 4 is 50.7 Å². The van der Waals surface area contributed by atoms with E-state index in [-0.39, 0.29) is 50.6 Å². The Hall–Kier alpha value is -3.47. The summed E-state index contributed by atoms with van der Waals surface area (Å²) >= 11 is 12.5. The summed E-state index contributed by atoms with van der Waals surface area (Å²) in [7, 11) is -3.68. The molecule has 0 bridgehead atoms. The molecule has 3 aromatic rings. The number of carbonyl (C=O) groups is 2. The van der Waals surface area contributed by atoms with Crippen molar-refractivity contribution in [3.63, 3.8) is 0 Å². The van der Waals surface area contributed by atoms with E-state index < -0.39 is 16.1 Å². The van der Waals surface area contributed by atoms with Crippen LogP contribution in [0.5, 0.6) is 11.5 Å². The topological polar surface area (TPSA) is 105 Å². The number of nitrogens with one attached hydrogen (secondary N) is 1. The minimum atomic E-state index is -3.68. The molecule has 1 aliphatic heterocycles. The Bertz CT molecular complexity index is 1630. The van der Waals surface area contributed by atoms with Crippen LogP contribution in [0.3, 0.4) is 0 Å². The van der Waals surface area contributed by atoms with Crippen molar-refractivity contribution in [2.45, 2.75) is 70.0 Å². The van der Waals surface area contributed by atoms with Crippen molar-refractivity contribution < 1.29 is 27.5 Å². The fourth-order valence-corrected chi connectivity index (χ4v) is 7.26. The van der Waals surface area contributed by atoms with Gasteiger partial charge in [-0.15, -0.1) is 0 Å². The summed E-state index contributed by atoms with van der Waals surface area (Å²) < 4.78 is 37.7. The van der Waals surface area contributed by atoms with Gasteiger partial charge in [0.25, 0.3) is 0 Å². The summed E-state index contributed by atoms with van der Waals surface area (Å²) in [5, 5.41) is 3.97. The van der Waals surface area contributed by atoms with E-state index >= 15 is 0 Å². The first-order valence-electron chi connectivity index (χ1n) is 15.5. The van der Waals surface area contributed by atoms with Crippen LogP contribution < -0.4 is 19.1 Å². The van der Waals surface area contributed by atoms with E-state index in [0.717, 1.165) is 49.5 Å². The Morgan fingerprint density at radius 3 is 2.37 bits per heavy atom. The Balaban J connectivity index is 1.39. The lowest BCUT2D eigenvalue weighted by Gasteiger charge is -2.34. The number of rotatable bonds is 13. The Kier molecular flexibility index (Phi) is 11.4. The maximum atomic E-state index is 14.1. The summed E-state index contributed by atoms with van der Waals surface area (Å²) in [6.07, 6.45) is 6.76. The molecule has 0 spiro atoms. The SMILES string of the molecule is CS(=O)(=O)N(CCCC(=O)N(Cc1ccc(Cl)c(Cl)c1)[C@H](Cc1ccccc1)C(=O)NC1CCCCC1)c1ccc2c(c1)OCO2. The second-order valence-electron chi connectivity index (χ2n) is 11.8. The Morgan fingerprint density at radius 1 is 0.913 bits per heavy atom. The molecule has 2 amide bonds. The zero-order valence-electron chi connectivity index (χ0n) is 25.8. The van der Waals surface area contributed by atoms with Crippen molar-refractivity contribution in [1.82, 2.24) is 10.2 Å². The number of ether oxygens (including phenoxy) is 2. The van der Waals surface area contributed by atoms with E-state index in [2.05, 4.69) is 5.32 Å². The van der Waals surface area contributed by atoms with Gasteiger partial charge in [-0.2, -0.15) is 0 Å². The number of benzene rings is 3. The summed E-state index contributed by atoms with van der Waals surface area (Å²) in [4.78, 5) is 29.7. The average molecular weight is 689 g/mol. The highest BCUT2D eigenvalue weighted by Crippen LogP contribution is 2.36. The third-order valence-corrected chi connectivity index (χ3v) is 10.3. The number of carbonyl (C=O) groups excluding carboxylic acids is 2. The lowest BCUT2D eigenvalue weighted by Crippen LogP contribution is -2.52. The summed E-state index contributed by atoms with van der Waals surface area (Å²) in [6, 6.07) is 19.0. The Labute approximate surface area is 280 Å². The normalized spacial score (nSPS) is 15.3. The predicted molar refractivity (Wildman–Crippen MR) is 180 cm³/mol. The molecule has 5 rings (SSSR count). The van der Waals surface area contributed by atoms with Crippen LogP contribution in [0.4, 0.5) is 5.69 Å². The number of hydrogen-bond donors (Lipinski definition) is 1. The van der Waals surface area contributed by atoms with Crippen molar-refractivity contribution in [3.8, 4) is 11.5 Å². The molecule has 1 aliphatic carbocycles. The molecule has 2 aliphatic rings. The molecule has 0 saturated heterocycles. The summed E-state index contributed by atoms with van der Waals surface area (Å²) in [5.74, 6) is 0.524. The molecular formula is C34H39Cl2N3O6S. The van der Waals surface area contributed by atoms with Crippen LogP contribution in [0.2, 0.25) is 10.0 Å². The monoisotopic (exact) mass is 687 g/mol. The number of fused-ring (bicyclic) bond motifs is 1. The number of hydrogen-bond acceptors (Lipinski definition) is 6.